The molecule has 1 unspecified atom stereocenters. The summed E-state index contributed by atoms with van der Waals surface area (Å²) in [5.74, 6) is -0.447. The largest absolute Gasteiger partial charge is 0.330 e. The summed E-state index contributed by atoms with van der Waals surface area (Å²) in [4.78, 5) is 12.0. The molecule has 3 N–H and O–H groups in total. The molecular formula is C12H18N2O3S. The molecule has 100 valence electrons. The van der Waals surface area contributed by atoms with Gasteiger partial charge in [0.15, 0.2) is 9.84 Å². The zero-order chi connectivity index (χ0) is 13.8. The molecule has 5 nitrogen and oxygen atoms in total. The number of amides is 1. The van der Waals surface area contributed by atoms with Gasteiger partial charge in [-0.05, 0) is 24.6 Å². The second-order valence-electron chi connectivity index (χ2n) is 4.13. The Morgan fingerprint density at radius 3 is 2.61 bits per heavy atom. The van der Waals surface area contributed by atoms with Crippen LogP contribution in [0, 0.1) is 5.92 Å². The molecule has 18 heavy (non-hydrogen) atoms. The molecular weight excluding hydrogens is 252 g/mol. The summed E-state index contributed by atoms with van der Waals surface area (Å²) in [7, 11) is -3.27. The van der Waals surface area contributed by atoms with E-state index in [2.05, 4.69) is 5.32 Å². The molecule has 0 aliphatic carbocycles. The summed E-state index contributed by atoms with van der Waals surface area (Å²) in [5, 5.41) is 2.67. The number of hydrogen-bond donors (Lipinski definition) is 2. The van der Waals surface area contributed by atoms with Crippen molar-refractivity contribution >= 4 is 21.4 Å². The van der Waals surface area contributed by atoms with Gasteiger partial charge in [0.25, 0.3) is 0 Å². The molecule has 1 amide bonds. The summed E-state index contributed by atoms with van der Waals surface area (Å²) < 4.78 is 22.8. The third-order valence-electron chi connectivity index (χ3n) is 2.68. The van der Waals surface area contributed by atoms with Crippen LogP contribution in [0.4, 0.5) is 5.69 Å². The molecule has 1 aromatic carbocycles. The fraction of sp³-hybridized carbons (Fsp3) is 0.417. The van der Waals surface area contributed by atoms with Gasteiger partial charge in [0.2, 0.25) is 5.91 Å². The minimum atomic E-state index is -3.27. The number of benzene rings is 1. The molecule has 1 atom stereocenters. The Morgan fingerprint density at radius 2 is 2.11 bits per heavy atom. The highest BCUT2D eigenvalue weighted by Gasteiger charge is 2.15. The Balaban J connectivity index is 2.89. The van der Waals surface area contributed by atoms with Gasteiger partial charge in [-0.15, -0.1) is 0 Å². The van der Waals surface area contributed by atoms with E-state index in [4.69, 9.17) is 5.73 Å². The highest BCUT2D eigenvalue weighted by Crippen LogP contribution is 2.16. The maximum Gasteiger partial charge on any atom is 0.228 e. The van der Waals surface area contributed by atoms with Crippen molar-refractivity contribution in [1.29, 1.82) is 0 Å². The summed E-state index contributed by atoms with van der Waals surface area (Å²) in [6, 6.07) is 6.17. The maximum atomic E-state index is 11.8. The predicted octanol–water partition coefficient (Wildman–Crippen LogP) is 1.01. The third-order valence-corrected chi connectivity index (χ3v) is 3.79. The first-order valence-electron chi connectivity index (χ1n) is 5.69. The normalized spacial score (nSPS) is 13.1. The number of carbonyl (C=O) groups is 1. The lowest BCUT2D eigenvalue weighted by Gasteiger charge is -2.13. The minimum Gasteiger partial charge on any atom is -0.330 e. The lowest BCUT2D eigenvalue weighted by Crippen LogP contribution is -2.28. The Hall–Kier alpha value is -1.40. The Kier molecular flexibility index (Phi) is 4.86. The van der Waals surface area contributed by atoms with Gasteiger partial charge in [-0.1, -0.05) is 13.0 Å². The molecule has 1 aromatic rings. The summed E-state index contributed by atoms with van der Waals surface area (Å²) in [6.07, 6.45) is 1.77. The molecule has 0 heterocycles. The van der Waals surface area contributed by atoms with Crippen molar-refractivity contribution in [3.8, 4) is 0 Å². The maximum absolute atomic E-state index is 11.8. The van der Waals surface area contributed by atoms with E-state index < -0.39 is 9.84 Å². The van der Waals surface area contributed by atoms with Crippen molar-refractivity contribution in [2.75, 3.05) is 18.1 Å². The van der Waals surface area contributed by atoms with Crippen LogP contribution >= 0.6 is 0 Å². The number of nitrogens with two attached hydrogens (primary N) is 1. The van der Waals surface area contributed by atoms with Crippen molar-refractivity contribution in [3.05, 3.63) is 24.3 Å². The van der Waals surface area contributed by atoms with Gasteiger partial charge in [-0.25, -0.2) is 8.42 Å². The van der Waals surface area contributed by atoms with Crippen LogP contribution in [0.5, 0.6) is 0 Å². The predicted molar refractivity (Wildman–Crippen MR) is 71.0 cm³/mol. The first kappa shape index (κ1) is 14.7. The number of hydrogen-bond acceptors (Lipinski definition) is 4. The Bertz CT molecular complexity index is 522. The highest BCUT2D eigenvalue weighted by atomic mass is 32.2. The highest BCUT2D eigenvalue weighted by molar-refractivity contribution is 7.90. The SMILES string of the molecule is CCC(CN)C(=O)Nc1cccc(S(C)(=O)=O)c1. The standard InChI is InChI=1S/C12H18N2O3S/c1-3-9(8-13)12(15)14-10-5-4-6-11(7-10)18(2,16)17/h4-7,9H,3,8,13H2,1-2H3,(H,14,15). The zero-order valence-corrected chi connectivity index (χ0v) is 11.3. The Morgan fingerprint density at radius 1 is 1.44 bits per heavy atom. The van der Waals surface area contributed by atoms with Crippen molar-refractivity contribution in [3.63, 3.8) is 0 Å². The topological polar surface area (TPSA) is 89.3 Å². The van der Waals surface area contributed by atoms with Crippen molar-refractivity contribution in [1.82, 2.24) is 0 Å². The zero-order valence-electron chi connectivity index (χ0n) is 10.5. The van der Waals surface area contributed by atoms with Crippen molar-refractivity contribution in [2.45, 2.75) is 18.2 Å². The van der Waals surface area contributed by atoms with Crippen LogP contribution in [0.2, 0.25) is 0 Å². The summed E-state index contributed by atoms with van der Waals surface area (Å²) in [5.41, 5.74) is 5.95. The molecule has 0 saturated heterocycles. The molecule has 6 heteroatoms. The van der Waals surface area contributed by atoms with Gasteiger partial charge in [0, 0.05) is 18.5 Å². The first-order valence-corrected chi connectivity index (χ1v) is 7.58. The number of nitrogens with one attached hydrogen (secondary N) is 1. The van der Waals surface area contributed by atoms with Gasteiger partial charge in [-0.3, -0.25) is 4.79 Å². The fourth-order valence-corrected chi connectivity index (χ4v) is 2.17. The van der Waals surface area contributed by atoms with E-state index in [1.807, 2.05) is 6.92 Å². The first-order chi connectivity index (χ1) is 8.38. The fourth-order valence-electron chi connectivity index (χ4n) is 1.51. The molecule has 0 aromatic heterocycles. The average molecular weight is 270 g/mol. The van der Waals surface area contributed by atoms with E-state index in [-0.39, 0.29) is 23.3 Å². The number of carbonyl (C=O) groups excluding carboxylic acids is 1. The van der Waals surface area contributed by atoms with E-state index >= 15 is 0 Å². The molecule has 1 rings (SSSR count). The van der Waals surface area contributed by atoms with Crippen LogP contribution < -0.4 is 11.1 Å². The second kappa shape index (κ2) is 5.97. The van der Waals surface area contributed by atoms with E-state index in [0.29, 0.717) is 12.1 Å². The quantitative estimate of drug-likeness (QED) is 0.835. The smallest absolute Gasteiger partial charge is 0.228 e. The van der Waals surface area contributed by atoms with Crippen LogP contribution in [0.3, 0.4) is 0 Å². The Labute approximate surface area is 107 Å². The molecule has 0 bridgehead atoms. The van der Waals surface area contributed by atoms with Gasteiger partial charge < -0.3 is 11.1 Å². The van der Waals surface area contributed by atoms with Crippen LogP contribution in [-0.2, 0) is 14.6 Å². The van der Waals surface area contributed by atoms with Gasteiger partial charge in [-0.2, -0.15) is 0 Å². The van der Waals surface area contributed by atoms with Crippen molar-refractivity contribution < 1.29 is 13.2 Å². The molecule has 0 aliphatic heterocycles. The molecule has 0 fully saturated rings. The molecule has 0 saturated carbocycles. The van der Waals surface area contributed by atoms with E-state index in [0.717, 1.165) is 6.26 Å². The van der Waals surface area contributed by atoms with Crippen molar-refractivity contribution in [2.24, 2.45) is 11.7 Å². The molecule has 0 radical (unpaired) electrons. The lowest BCUT2D eigenvalue weighted by molar-refractivity contribution is -0.119. The molecule has 0 aliphatic rings. The second-order valence-corrected chi connectivity index (χ2v) is 6.15. The van der Waals surface area contributed by atoms with Gasteiger partial charge >= 0.3 is 0 Å². The molecule has 0 spiro atoms. The number of rotatable bonds is 5. The number of anilines is 1. The monoisotopic (exact) mass is 270 g/mol. The number of sulfone groups is 1. The van der Waals surface area contributed by atoms with Crippen LogP contribution in [0.25, 0.3) is 0 Å². The van der Waals surface area contributed by atoms with Crippen LogP contribution in [0.1, 0.15) is 13.3 Å². The van der Waals surface area contributed by atoms with E-state index in [1.165, 1.54) is 12.1 Å². The van der Waals surface area contributed by atoms with E-state index in [1.54, 1.807) is 12.1 Å². The van der Waals surface area contributed by atoms with Gasteiger partial charge in [0.1, 0.15) is 0 Å². The average Bonchev–Trinajstić information content (AvgIpc) is 2.29. The van der Waals surface area contributed by atoms with Gasteiger partial charge in [0.05, 0.1) is 10.8 Å². The van der Waals surface area contributed by atoms with Crippen LogP contribution in [0.15, 0.2) is 29.2 Å². The minimum absolute atomic E-state index is 0.182. The lowest BCUT2D eigenvalue weighted by atomic mass is 10.1. The van der Waals surface area contributed by atoms with Crippen LogP contribution in [-0.4, -0.2) is 27.1 Å². The summed E-state index contributed by atoms with van der Waals surface area (Å²) in [6.45, 7) is 2.15. The van der Waals surface area contributed by atoms with E-state index in [9.17, 15) is 13.2 Å². The third kappa shape index (κ3) is 3.82. The summed E-state index contributed by atoms with van der Waals surface area (Å²) >= 11 is 0.